The molecule has 0 spiro atoms. The summed E-state index contributed by atoms with van der Waals surface area (Å²) in [5.41, 5.74) is 6.30. The lowest BCUT2D eigenvalue weighted by atomic mass is 10.2. The number of para-hydroxylation sites is 1. The Labute approximate surface area is 74.5 Å². The van der Waals surface area contributed by atoms with Gasteiger partial charge in [-0.3, -0.25) is 0 Å². The molecule has 0 aromatic heterocycles. The largest absolute Gasteiger partial charge is 0.385 e. The summed E-state index contributed by atoms with van der Waals surface area (Å²) in [7, 11) is 0. The van der Waals surface area contributed by atoms with Crippen LogP contribution < -0.4 is 10.0 Å². The van der Waals surface area contributed by atoms with E-state index < -0.39 is 0 Å². The lowest BCUT2D eigenvalue weighted by molar-refractivity contribution is 0.608. The zero-order valence-corrected chi connectivity index (χ0v) is 8.26. The Bertz CT molecular complexity index is 196. The van der Waals surface area contributed by atoms with Crippen molar-refractivity contribution in [2.75, 3.05) is 0 Å². The highest BCUT2D eigenvalue weighted by molar-refractivity contribution is 6.92. The SMILES string of the molecule is NCc1ccccc1OCl.P. The lowest BCUT2D eigenvalue weighted by Gasteiger charge is -2.00. The third-order valence-electron chi connectivity index (χ3n) is 1.28. The van der Waals surface area contributed by atoms with E-state index in [9.17, 15) is 0 Å². The molecular formula is C7H11ClNOP. The molecule has 11 heavy (non-hydrogen) atoms. The number of nitrogens with two attached hydrogens (primary N) is 1. The summed E-state index contributed by atoms with van der Waals surface area (Å²) in [4.78, 5) is 0. The molecule has 2 N–H and O–H groups in total. The van der Waals surface area contributed by atoms with Crippen LogP contribution in [0, 0.1) is 0 Å². The number of hydrogen-bond donors (Lipinski definition) is 1. The van der Waals surface area contributed by atoms with Crippen molar-refractivity contribution in [2.45, 2.75) is 6.54 Å². The van der Waals surface area contributed by atoms with Crippen molar-refractivity contribution in [1.82, 2.24) is 0 Å². The minimum absolute atomic E-state index is 0. The topological polar surface area (TPSA) is 35.2 Å². The van der Waals surface area contributed by atoms with Crippen LogP contribution in [0.25, 0.3) is 0 Å². The Balaban J connectivity index is 0.000001000. The molecule has 1 rings (SSSR count). The van der Waals surface area contributed by atoms with Gasteiger partial charge in [0.05, 0.1) is 0 Å². The van der Waals surface area contributed by atoms with Crippen molar-refractivity contribution in [3.63, 3.8) is 0 Å². The van der Waals surface area contributed by atoms with E-state index >= 15 is 0 Å². The highest BCUT2D eigenvalue weighted by Gasteiger charge is 1.97. The quantitative estimate of drug-likeness (QED) is 0.723. The van der Waals surface area contributed by atoms with Gasteiger partial charge in [-0.1, -0.05) is 18.2 Å². The maximum absolute atomic E-state index is 5.39. The van der Waals surface area contributed by atoms with Crippen LogP contribution in [-0.2, 0) is 6.54 Å². The smallest absolute Gasteiger partial charge is 0.150 e. The van der Waals surface area contributed by atoms with Gasteiger partial charge in [-0.25, -0.2) is 0 Å². The van der Waals surface area contributed by atoms with Crippen LogP contribution in [0.4, 0.5) is 0 Å². The van der Waals surface area contributed by atoms with Crippen LogP contribution in [-0.4, -0.2) is 0 Å². The van der Waals surface area contributed by atoms with Crippen LogP contribution in [0.1, 0.15) is 5.56 Å². The zero-order valence-electron chi connectivity index (χ0n) is 6.09. The molecule has 0 aliphatic carbocycles. The fourth-order valence-electron chi connectivity index (χ4n) is 0.748. The van der Waals surface area contributed by atoms with Gasteiger partial charge in [-0.05, 0) is 6.07 Å². The van der Waals surface area contributed by atoms with Crippen molar-refractivity contribution >= 4 is 21.8 Å². The first-order chi connectivity index (χ1) is 4.88. The summed E-state index contributed by atoms with van der Waals surface area (Å²) >= 11 is 5.16. The predicted octanol–water partition coefficient (Wildman–Crippen LogP) is 1.74. The first-order valence-electron chi connectivity index (χ1n) is 2.95. The second-order valence-electron chi connectivity index (χ2n) is 1.89. The minimum Gasteiger partial charge on any atom is -0.385 e. The van der Waals surface area contributed by atoms with E-state index in [0.717, 1.165) is 5.56 Å². The van der Waals surface area contributed by atoms with Gasteiger partial charge in [0.15, 0.2) is 5.75 Å². The van der Waals surface area contributed by atoms with Crippen LogP contribution in [0.2, 0.25) is 0 Å². The molecule has 0 radical (unpaired) electrons. The molecule has 0 bridgehead atoms. The molecule has 4 heteroatoms. The molecule has 0 fully saturated rings. The standard InChI is InChI=1S/C7H8ClNO.H3P/c8-10-7-4-2-1-3-6(7)5-9;/h1-4H,5,9H2;1H3. The highest BCUT2D eigenvalue weighted by Crippen LogP contribution is 2.17. The molecule has 1 unspecified atom stereocenters. The van der Waals surface area contributed by atoms with E-state index in [1.807, 2.05) is 18.2 Å². The Hall–Kier alpha value is -0.300. The molecule has 1 aromatic rings. The Morgan fingerprint density at radius 3 is 2.45 bits per heavy atom. The molecular weight excluding hydrogens is 181 g/mol. The molecule has 0 saturated carbocycles. The number of benzene rings is 1. The van der Waals surface area contributed by atoms with Crippen molar-refractivity contribution in [2.24, 2.45) is 5.73 Å². The average molecular weight is 192 g/mol. The van der Waals surface area contributed by atoms with E-state index in [0.29, 0.717) is 12.3 Å². The predicted molar refractivity (Wildman–Crippen MR) is 51.9 cm³/mol. The van der Waals surface area contributed by atoms with Crippen LogP contribution in [0.5, 0.6) is 5.75 Å². The van der Waals surface area contributed by atoms with Gasteiger partial charge in [0.2, 0.25) is 0 Å². The van der Waals surface area contributed by atoms with Gasteiger partial charge >= 0.3 is 0 Å². The van der Waals surface area contributed by atoms with Crippen LogP contribution >= 0.6 is 21.8 Å². The summed E-state index contributed by atoms with van der Waals surface area (Å²) < 4.78 is 4.53. The summed E-state index contributed by atoms with van der Waals surface area (Å²) in [6.07, 6.45) is 0. The van der Waals surface area contributed by atoms with Crippen molar-refractivity contribution in [1.29, 1.82) is 0 Å². The third-order valence-corrected chi connectivity index (χ3v) is 1.44. The van der Waals surface area contributed by atoms with Crippen LogP contribution in [0.15, 0.2) is 24.3 Å². The average Bonchev–Trinajstić information content (AvgIpc) is 2.04. The maximum atomic E-state index is 5.39. The third kappa shape index (κ3) is 2.66. The molecule has 0 saturated heterocycles. The fraction of sp³-hybridized carbons (Fsp3) is 0.143. The van der Waals surface area contributed by atoms with E-state index in [2.05, 4.69) is 4.29 Å². The molecule has 2 nitrogen and oxygen atoms in total. The summed E-state index contributed by atoms with van der Waals surface area (Å²) in [6.45, 7) is 0.447. The van der Waals surface area contributed by atoms with Gasteiger partial charge in [0, 0.05) is 12.1 Å². The molecule has 1 atom stereocenters. The van der Waals surface area contributed by atoms with Gasteiger partial charge < -0.3 is 10.0 Å². The minimum atomic E-state index is 0. The van der Waals surface area contributed by atoms with Gasteiger partial charge in [0.1, 0.15) is 11.9 Å². The molecule has 0 amide bonds. The van der Waals surface area contributed by atoms with Gasteiger partial charge in [0.25, 0.3) is 0 Å². The van der Waals surface area contributed by atoms with E-state index in [1.54, 1.807) is 6.07 Å². The first-order valence-corrected chi connectivity index (χ1v) is 3.26. The van der Waals surface area contributed by atoms with Crippen LogP contribution in [0.3, 0.4) is 0 Å². The summed E-state index contributed by atoms with van der Waals surface area (Å²) in [5.74, 6) is 0.631. The summed E-state index contributed by atoms with van der Waals surface area (Å²) in [6, 6.07) is 7.38. The van der Waals surface area contributed by atoms with E-state index in [1.165, 1.54) is 0 Å². The van der Waals surface area contributed by atoms with Crippen molar-refractivity contribution in [3.8, 4) is 5.75 Å². The summed E-state index contributed by atoms with van der Waals surface area (Å²) in [5, 5.41) is 0. The molecule has 0 aliphatic heterocycles. The number of hydrogen-bond acceptors (Lipinski definition) is 2. The molecule has 0 heterocycles. The Kier molecular flexibility index (Phi) is 5.22. The monoisotopic (exact) mass is 191 g/mol. The first kappa shape index (κ1) is 10.7. The second-order valence-corrected chi connectivity index (χ2v) is 2.04. The van der Waals surface area contributed by atoms with Crippen molar-refractivity contribution < 1.29 is 4.29 Å². The van der Waals surface area contributed by atoms with E-state index in [-0.39, 0.29) is 9.90 Å². The lowest BCUT2D eigenvalue weighted by Crippen LogP contribution is -1.97. The Morgan fingerprint density at radius 2 is 2.00 bits per heavy atom. The molecule has 0 aliphatic rings. The second kappa shape index (κ2) is 5.36. The zero-order chi connectivity index (χ0) is 7.40. The normalized spacial score (nSPS) is 8.55. The number of halogens is 1. The highest BCUT2D eigenvalue weighted by atomic mass is 35.5. The van der Waals surface area contributed by atoms with Crippen molar-refractivity contribution in [3.05, 3.63) is 29.8 Å². The maximum Gasteiger partial charge on any atom is 0.150 e. The number of rotatable bonds is 2. The molecule has 62 valence electrons. The van der Waals surface area contributed by atoms with Gasteiger partial charge in [-0.15, -0.1) is 0 Å². The van der Waals surface area contributed by atoms with Gasteiger partial charge in [-0.2, -0.15) is 9.90 Å². The van der Waals surface area contributed by atoms with E-state index in [4.69, 9.17) is 17.6 Å². The molecule has 1 aromatic carbocycles. The Morgan fingerprint density at radius 1 is 1.36 bits per heavy atom. The fourth-order valence-corrected chi connectivity index (χ4v) is 0.898.